The van der Waals surface area contributed by atoms with Crippen LogP contribution in [0.25, 0.3) is 0 Å². The van der Waals surface area contributed by atoms with E-state index in [2.05, 4.69) is 4.74 Å². The lowest BCUT2D eigenvalue weighted by Gasteiger charge is -2.24. The Kier molecular flexibility index (Phi) is 6.13. The van der Waals surface area contributed by atoms with Crippen molar-refractivity contribution in [3.05, 3.63) is 0 Å². The molecule has 0 aliphatic carbocycles. The van der Waals surface area contributed by atoms with Gasteiger partial charge < -0.3 is 29.9 Å². The summed E-state index contributed by atoms with van der Waals surface area (Å²) in [4.78, 5) is 0. The Morgan fingerprint density at radius 1 is 1.31 bits per heavy atom. The van der Waals surface area contributed by atoms with Crippen LogP contribution in [0.5, 0.6) is 0 Å². The van der Waals surface area contributed by atoms with Crippen molar-refractivity contribution >= 4 is 0 Å². The summed E-state index contributed by atoms with van der Waals surface area (Å²) in [6, 6.07) is 0. The van der Waals surface area contributed by atoms with Crippen molar-refractivity contribution in [3.63, 3.8) is 0 Å². The van der Waals surface area contributed by atoms with Gasteiger partial charge in [0.05, 0.1) is 6.61 Å². The lowest BCUT2D eigenvalue weighted by molar-refractivity contribution is -0.316. The third-order valence-corrected chi connectivity index (χ3v) is 1.40. The van der Waals surface area contributed by atoms with Gasteiger partial charge in [0.1, 0.15) is 6.61 Å². The lowest BCUT2D eigenvalue weighted by atomic mass is 10.3. The molecule has 0 fully saturated rings. The first-order valence-electron chi connectivity index (χ1n) is 3.89. The maximum Gasteiger partial charge on any atom is 0.239 e. The first-order chi connectivity index (χ1) is 6.04. The van der Waals surface area contributed by atoms with Gasteiger partial charge in [0, 0.05) is 13.7 Å². The molecule has 0 aromatic heterocycles. The molecule has 13 heavy (non-hydrogen) atoms. The zero-order chi connectivity index (χ0) is 10.3. The minimum Gasteiger partial charge on any atom is -0.391 e. The zero-order valence-corrected chi connectivity index (χ0v) is 7.51. The number of hydrogen-bond acceptors (Lipinski definition) is 6. The minimum atomic E-state index is -2.60. The first kappa shape index (κ1) is 12.8. The van der Waals surface area contributed by atoms with Crippen molar-refractivity contribution in [1.82, 2.24) is 0 Å². The van der Waals surface area contributed by atoms with E-state index in [0.717, 1.165) is 0 Å². The van der Waals surface area contributed by atoms with E-state index >= 15 is 0 Å². The van der Waals surface area contributed by atoms with E-state index in [-0.39, 0.29) is 6.61 Å². The average molecular weight is 196 g/mol. The molecule has 6 heteroatoms. The topological polar surface area (TPSA) is 99.4 Å². The summed E-state index contributed by atoms with van der Waals surface area (Å²) in [7, 11) is 1.52. The molecule has 80 valence electrons. The third-order valence-electron chi connectivity index (χ3n) is 1.40. The summed E-state index contributed by atoms with van der Waals surface area (Å²) < 4.78 is 9.31. The second-order valence-corrected chi connectivity index (χ2v) is 2.61. The zero-order valence-electron chi connectivity index (χ0n) is 7.51. The van der Waals surface area contributed by atoms with E-state index in [1.165, 1.54) is 7.11 Å². The van der Waals surface area contributed by atoms with Crippen LogP contribution in [0.15, 0.2) is 0 Å². The molecule has 0 aromatic rings. The molecule has 0 aliphatic heterocycles. The van der Waals surface area contributed by atoms with E-state index in [1.54, 1.807) is 0 Å². The molecule has 0 aromatic carbocycles. The van der Waals surface area contributed by atoms with Gasteiger partial charge in [-0.1, -0.05) is 0 Å². The van der Waals surface area contributed by atoms with Crippen molar-refractivity contribution in [2.24, 2.45) is 0 Å². The largest absolute Gasteiger partial charge is 0.391 e. The number of ether oxygens (including phenoxy) is 2. The van der Waals surface area contributed by atoms with Crippen LogP contribution in [0.3, 0.4) is 0 Å². The smallest absolute Gasteiger partial charge is 0.239 e. The van der Waals surface area contributed by atoms with E-state index < -0.39 is 18.7 Å². The summed E-state index contributed by atoms with van der Waals surface area (Å²) in [5, 5.41) is 35.1. The van der Waals surface area contributed by atoms with Crippen molar-refractivity contribution in [2.45, 2.75) is 18.5 Å². The monoisotopic (exact) mass is 196 g/mol. The molecule has 0 amide bonds. The van der Waals surface area contributed by atoms with Crippen LogP contribution >= 0.6 is 0 Å². The van der Waals surface area contributed by atoms with E-state index in [4.69, 9.17) is 25.2 Å². The summed E-state index contributed by atoms with van der Waals surface area (Å²) in [6.07, 6.45) is -1.29. The van der Waals surface area contributed by atoms with Crippen LogP contribution in [0.4, 0.5) is 0 Å². The predicted octanol–water partition coefficient (Wildman–Crippen LogP) is -1.97. The van der Waals surface area contributed by atoms with Crippen LogP contribution in [0.1, 0.15) is 6.42 Å². The molecular formula is C7H16O6. The fourth-order valence-electron chi connectivity index (χ4n) is 0.610. The number of rotatable bonds is 7. The maximum absolute atomic E-state index is 8.95. The van der Waals surface area contributed by atoms with Gasteiger partial charge in [-0.15, -0.1) is 0 Å². The van der Waals surface area contributed by atoms with Gasteiger partial charge >= 0.3 is 0 Å². The van der Waals surface area contributed by atoms with Crippen molar-refractivity contribution in [1.29, 1.82) is 0 Å². The molecule has 0 saturated heterocycles. The summed E-state index contributed by atoms with van der Waals surface area (Å²) in [5.41, 5.74) is 0. The molecule has 6 nitrogen and oxygen atoms in total. The molecule has 0 saturated carbocycles. The van der Waals surface area contributed by atoms with Gasteiger partial charge in [-0.25, -0.2) is 0 Å². The maximum atomic E-state index is 8.95. The predicted molar refractivity (Wildman–Crippen MR) is 42.7 cm³/mol. The molecule has 0 rings (SSSR count). The van der Waals surface area contributed by atoms with Crippen molar-refractivity contribution in [2.75, 3.05) is 26.9 Å². The quantitative estimate of drug-likeness (QED) is 0.278. The average Bonchev–Trinajstić information content (AvgIpc) is 2.12. The molecule has 1 atom stereocenters. The molecule has 0 heterocycles. The second kappa shape index (κ2) is 6.25. The van der Waals surface area contributed by atoms with Gasteiger partial charge in [-0.3, -0.25) is 0 Å². The molecule has 0 radical (unpaired) electrons. The molecule has 4 N–H and O–H groups in total. The number of hydrogen-bond donors (Lipinski definition) is 4. The molecule has 0 spiro atoms. The van der Waals surface area contributed by atoms with Crippen LogP contribution in [0.2, 0.25) is 0 Å². The van der Waals surface area contributed by atoms with Crippen molar-refractivity contribution in [3.8, 4) is 0 Å². The highest BCUT2D eigenvalue weighted by atomic mass is 16.7. The summed E-state index contributed by atoms with van der Waals surface area (Å²) in [6.45, 7) is -0.411. The van der Waals surface area contributed by atoms with Crippen LogP contribution in [0, 0.1) is 0 Å². The second-order valence-electron chi connectivity index (χ2n) is 2.61. The van der Waals surface area contributed by atoms with Gasteiger partial charge in [0.15, 0.2) is 0 Å². The standard InChI is InChI=1S/C7H16O6/c1-12-3-2-4-13-6(9)7(10,11)5-8/h6,8-11H,2-5H2,1H3. The number of aliphatic hydroxyl groups is 4. The lowest BCUT2D eigenvalue weighted by Crippen LogP contribution is -2.47. The van der Waals surface area contributed by atoms with Gasteiger partial charge in [-0.2, -0.15) is 0 Å². The van der Waals surface area contributed by atoms with Crippen LogP contribution in [-0.4, -0.2) is 59.4 Å². The van der Waals surface area contributed by atoms with Gasteiger partial charge in [0.25, 0.3) is 0 Å². The molecule has 1 unspecified atom stereocenters. The Labute approximate surface area is 76.3 Å². The Morgan fingerprint density at radius 3 is 2.38 bits per heavy atom. The van der Waals surface area contributed by atoms with E-state index in [9.17, 15) is 0 Å². The summed E-state index contributed by atoms with van der Waals surface area (Å²) >= 11 is 0. The Hall–Kier alpha value is -0.240. The van der Waals surface area contributed by atoms with Crippen LogP contribution in [-0.2, 0) is 9.47 Å². The number of aliphatic hydroxyl groups excluding tert-OH is 2. The van der Waals surface area contributed by atoms with Gasteiger partial charge in [-0.05, 0) is 6.42 Å². The Balaban J connectivity index is 3.55. The fourth-order valence-corrected chi connectivity index (χ4v) is 0.610. The highest BCUT2D eigenvalue weighted by Crippen LogP contribution is 2.06. The van der Waals surface area contributed by atoms with E-state index in [1.807, 2.05) is 0 Å². The minimum absolute atomic E-state index is 0.123. The normalized spacial score (nSPS) is 14.5. The summed E-state index contributed by atoms with van der Waals surface area (Å²) in [5.74, 6) is -2.60. The molecule has 0 bridgehead atoms. The SMILES string of the molecule is COCCCOC(O)C(O)(O)CO. The Morgan fingerprint density at radius 2 is 1.92 bits per heavy atom. The van der Waals surface area contributed by atoms with Crippen molar-refractivity contribution < 1.29 is 29.9 Å². The highest BCUT2D eigenvalue weighted by molar-refractivity contribution is 4.65. The third kappa shape index (κ3) is 5.14. The van der Waals surface area contributed by atoms with Gasteiger partial charge in [0.2, 0.25) is 12.1 Å². The van der Waals surface area contributed by atoms with E-state index in [0.29, 0.717) is 13.0 Å². The van der Waals surface area contributed by atoms with Crippen LogP contribution < -0.4 is 0 Å². The Bertz CT molecular complexity index is 126. The number of methoxy groups -OCH3 is 1. The molecular weight excluding hydrogens is 180 g/mol. The highest BCUT2D eigenvalue weighted by Gasteiger charge is 2.33. The fraction of sp³-hybridized carbons (Fsp3) is 1.00. The first-order valence-corrected chi connectivity index (χ1v) is 3.89. The molecule has 0 aliphatic rings.